The summed E-state index contributed by atoms with van der Waals surface area (Å²) in [5.41, 5.74) is 3.23. The molecule has 2 aromatic rings. The number of hydrogen-bond donors (Lipinski definition) is 1. The van der Waals surface area contributed by atoms with Gasteiger partial charge < -0.3 is 9.88 Å². The van der Waals surface area contributed by atoms with E-state index in [0.717, 1.165) is 18.0 Å². The molecule has 0 radical (unpaired) electrons. The molecule has 1 N–H and O–H groups in total. The first-order valence-electron chi connectivity index (χ1n) is 6.90. The lowest BCUT2D eigenvalue weighted by molar-refractivity contribution is 0.335. The SMILES string of the molecule is [C-]#[N+]c1ccc2c([C@H]3C[C@@H]3CN(C)CC)c[nH]c2c1. The van der Waals surface area contributed by atoms with Crippen molar-refractivity contribution in [1.82, 2.24) is 9.88 Å². The fourth-order valence-corrected chi connectivity index (χ4v) is 2.87. The Labute approximate surface area is 114 Å². The molecule has 1 aliphatic rings. The molecule has 98 valence electrons. The Bertz CT molecular complexity index is 635. The van der Waals surface area contributed by atoms with Gasteiger partial charge in [-0.15, -0.1) is 0 Å². The molecule has 1 aliphatic carbocycles. The maximum absolute atomic E-state index is 7.06. The van der Waals surface area contributed by atoms with Gasteiger partial charge in [-0.1, -0.05) is 19.1 Å². The summed E-state index contributed by atoms with van der Waals surface area (Å²) < 4.78 is 0. The van der Waals surface area contributed by atoms with Crippen molar-refractivity contribution in [2.24, 2.45) is 5.92 Å². The number of nitrogens with zero attached hydrogens (tertiary/aromatic N) is 2. The van der Waals surface area contributed by atoms with Gasteiger partial charge in [-0.25, -0.2) is 4.85 Å². The molecule has 0 spiro atoms. The predicted molar refractivity (Wildman–Crippen MR) is 78.6 cm³/mol. The molecule has 1 aromatic carbocycles. The molecule has 0 aliphatic heterocycles. The molecule has 3 rings (SSSR count). The van der Waals surface area contributed by atoms with E-state index >= 15 is 0 Å². The van der Waals surface area contributed by atoms with Crippen molar-refractivity contribution >= 4 is 16.6 Å². The van der Waals surface area contributed by atoms with Gasteiger partial charge in [-0.05, 0) is 43.5 Å². The van der Waals surface area contributed by atoms with Gasteiger partial charge in [0, 0.05) is 23.6 Å². The van der Waals surface area contributed by atoms with Crippen molar-refractivity contribution in [3.8, 4) is 0 Å². The standard InChI is InChI=1S/C16H19N3/c1-4-19(3)10-11-7-14(11)15-9-18-16-8-12(17-2)5-6-13(15)16/h5-6,8-9,11,14,18H,4,7,10H2,1,3H3/t11-,14+/m1/s1. The molecular formula is C16H19N3. The summed E-state index contributed by atoms with van der Waals surface area (Å²) in [6.07, 6.45) is 3.43. The van der Waals surface area contributed by atoms with E-state index in [9.17, 15) is 0 Å². The normalized spacial score (nSPS) is 21.8. The maximum atomic E-state index is 7.06. The van der Waals surface area contributed by atoms with Gasteiger partial charge in [0.1, 0.15) is 0 Å². The molecule has 1 fully saturated rings. The van der Waals surface area contributed by atoms with Gasteiger partial charge in [-0.3, -0.25) is 0 Å². The fourth-order valence-electron chi connectivity index (χ4n) is 2.87. The van der Waals surface area contributed by atoms with Crippen molar-refractivity contribution in [3.05, 3.63) is 41.4 Å². The number of fused-ring (bicyclic) bond motifs is 1. The van der Waals surface area contributed by atoms with Crippen LogP contribution < -0.4 is 0 Å². The number of aromatic amines is 1. The zero-order valence-corrected chi connectivity index (χ0v) is 11.5. The third-order valence-corrected chi connectivity index (χ3v) is 4.23. The molecule has 3 heteroatoms. The van der Waals surface area contributed by atoms with Crippen LogP contribution in [-0.4, -0.2) is 30.0 Å². The summed E-state index contributed by atoms with van der Waals surface area (Å²) in [4.78, 5) is 9.18. The van der Waals surface area contributed by atoms with E-state index in [1.165, 1.54) is 23.9 Å². The summed E-state index contributed by atoms with van der Waals surface area (Å²) in [6, 6.07) is 5.96. The number of aromatic nitrogens is 1. The van der Waals surface area contributed by atoms with Crippen molar-refractivity contribution in [2.45, 2.75) is 19.3 Å². The van der Waals surface area contributed by atoms with Gasteiger partial charge >= 0.3 is 0 Å². The predicted octanol–water partition coefficient (Wildman–Crippen LogP) is 3.77. The quantitative estimate of drug-likeness (QED) is 0.824. The molecule has 0 amide bonds. The Morgan fingerprint density at radius 1 is 1.47 bits per heavy atom. The molecule has 1 saturated carbocycles. The number of rotatable bonds is 4. The largest absolute Gasteiger partial charge is 0.362 e. The second-order valence-corrected chi connectivity index (χ2v) is 5.54. The first kappa shape index (κ1) is 12.3. The zero-order chi connectivity index (χ0) is 13.4. The molecule has 1 heterocycles. The number of H-pyrrole nitrogens is 1. The van der Waals surface area contributed by atoms with E-state index in [2.05, 4.69) is 41.0 Å². The van der Waals surface area contributed by atoms with E-state index in [4.69, 9.17) is 6.57 Å². The van der Waals surface area contributed by atoms with E-state index in [1.807, 2.05) is 12.1 Å². The molecule has 1 aromatic heterocycles. The van der Waals surface area contributed by atoms with Gasteiger partial charge in [0.15, 0.2) is 5.69 Å². The van der Waals surface area contributed by atoms with Crippen LogP contribution in [-0.2, 0) is 0 Å². The minimum atomic E-state index is 0.696. The third kappa shape index (κ3) is 2.24. The van der Waals surface area contributed by atoms with E-state index in [0.29, 0.717) is 11.6 Å². The van der Waals surface area contributed by atoms with Gasteiger partial charge in [0.25, 0.3) is 0 Å². The van der Waals surface area contributed by atoms with E-state index in [1.54, 1.807) is 0 Å². The summed E-state index contributed by atoms with van der Waals surface area (Å²) in [5.74, 6) is 1.49. The van der Waals surface area contributed by atoms with Crippen LogP contribution in [0.4, 0.5) is 5.69 Å². The van der Waals surface area contributed by atoms with Crippen LogP contribution in [0.3, 0.4) is 0 Å². The summed E-state index contributed by atoms with van der Waals surface area (Å²) >= 11 is 0. The average molecular weight is 253 g/mol. The van der Waals surface area contributed by atoms with Crippen LogP contribution in [0.15, 0.2) is 24.4 Å². The molecule has 3 nitrogen and oxygen atoms in total. The van der Waals surface area contributed by atoms with Crippen molar-refractivity contribution < 1.29 is 0 Å². The Morgan fingerprint density at radius 3 is 3.05 bits per heavy atom. The van der Waals surface area contributed by atoms with Crippen molar-refractivity contribution in [1.29, 1.82) is 0 Å². The lowest BCUT2D eigenvalue weighted by Crippen LogP contribution is -2.20. The third-order valence-electron chi connectivity index (χ3n) is 4.23. The number of hydrogen-bond acceptors (Lipinski definition) is 1. The molecule has 0 bridgehead atoms. The van der Waals surface area contributed by atoms with Crippen LogP contribution >= 0.6 is 0 Å². The zero-order valence-electron chi connectivity index (χ0n) is 11.5. The summed E-state index contributed by atoms with van der Waals surface area (Å²) in [5, 5.41) is 1.29. The lowest BCUT2D eigenvalue weighted by atomic mass is 10.1. The van der Waals surface area contributed by atoms with Gasteiger partial charge in [0.05, 0.1) is 6.57 Å². The second-order valence-electron chi connectivity index (χ2n) is 5.54. The molecule has 0 saturated heterocycles. The van der Waals surface area contributed by atoms with Crippen molar-refractivity contribution in [3.63, 3.8) is 0 Å². The summed E-state index contributed by atoms with van der Waals surface area (Å²) in [6.45, 7) is 11.6. The highest BCUT2D eigenvalue weighted by Gasteiger charge is 2.39. The van der Waals surface area contributed by atoms with E-state index in [-0.39, 0.29) is 0 Å². The number of nitrogens with one attached hydrogen (secondary N) is 1. The van der Waals surface area contributed by atoms with Crippen LogP contribution in [0, 0.1) is 12.5 Å². The van der Waals surface area contributed by atoms with Gasteiger partial charge in [-0.2, -0.15) is 0 Å². The smallest absolute Gasteiger partial charge is 0.189 e. The highest BCUT2D eigenvalue weighted by molar-refractivity contribution is 5.87. The first-order chi connectivity index (χ1) is 9.22. The Morgan fingerprint density at radius 2 is 2.32 bits per heavy atom. The monoisotopic (exact) mass is 253 g/mol. The average Bonchev–Trinajstić information content (AvgIpc) is 3.06. The molecule has 2 atom stereocenters. The lowest BCUT2D eigenvalue weighted by Gasteiger charge is -2.12. The molecular weight excluding hydrogens is 234 g/mol. The first-order valence-corrected chi connectivity index (χ1v) is 6.90. The number of benzene rings is 1. The minimum Gasteiger partial charge on any atom is -0.362 e. The highest BCUT2D eigenvalue weighted by atomic mass is 15.1. The van der Waals surface area contributed by atoms with Crippen LogP contribution in [0.5, 0.6) is 0 Å². The van der Waals surface area contributed by atoms with Crippen LogP contribution in [0.25, 0.3) is 15.7 Å². The molecule has 0 unspecified atom stereocenters. The highest BCUT2D eigenvalue weighted by Crippen LogP contribution is 2.49. The summed E-state index contributed by atoms with van der Waals surface area (Å²) in [7, 11) is 2.19. The fraction of sp³-hybridized carbons (Fsp3) is 0.438. The Kier molecular flexibility index (Phi) is 3.04. The topological polar surface area (TPSA) is 23.4 Å². The minimum absolute atomic E-state index is 0.696. The molecule has 19 heavy (non-hydrogen) atoms. The van der Waals surface area contributed by atoms with E-state index < -0.39 is 0 Å². The Hall–Kier alpha value is -1.79. The second kappa shape index (κ2) is 4.71. The van der Waals surface area contributed by atoms with Gasteiger partial charge in [0.2, 0.25) is 0 Å². The maximum Gasteiger partial charge on any atom is 0.189 e. The van der Waals surface area contributed by atoms with Crippen LogP contribution in [0.2, 0.25) is 0 Å². The van der Waals surface area contributed by atoms with Crippen molar-refractivity contribution in [2.75, 3.05) is 20.1 Å². The van der Waals surface area contributed by atoms with Crippen LogP contribution in [0.1, 0.15) is 24.8 Å². The Balaban J connectivity index is 1.82.